The van der Waals surface area contributed by atoms with Gasteiger partial charge in [0.1, 0.15) is 0 Å². The van der Waals surface area contributed by atoms with E-state index in [2.05, 4.69) is 26.0 Å². The second-order valence-corrected chi connectivity index (χ2v) is 12.7. The standard InChI is InChI=1S/C40H74O2/c1-3-5-7-9-11-13-15-17-19-21-23-25-27-29-31-33-35-37-39-42-40(41)38-36-34-32-30-28-26-24-22-20-18-16-14-12-10-8-6-4-2/h28,30,32,34,36,38H,3-27,29,31,33,35,37,39H2,1-2H3. The Hall–Kier alpha value is -1.31. The number of allylic oxidation sites excluding steroid dienone is 5. The molecule has 0 saturated carbocycles. The van der Waals surface area contributed by atoms with Gasteiger partial charge in [0.05, 0.1) is 6.61 Å². The van der Waals surface area contributed by atoms with E-state index in [1.807, 2.05) is 12.2 Å². The number of unbranched alkanes of at least 4 members (excludes halogenated alkanes) is 28. The van der Waals surface area contributed by atoms with Gasteiger partial charge in [0.25, 0.3) is 0 Å². The molecule has 0 aliphatic heterocycles. The van der Waals surface area contributed by atoms with Crippen LogP contribution in [0, 0.1) is 0 Å². The summed E-state index contributed by atoms with van der Waals surface area (Å²) in [4.78, 5) is 11.8. The summed E-state index contributed by atoms with van der Waals surface area (Å²) in [6.45, 7) is 5.12. The van der Waals surface area contributed by atoms with Crippen molar-refractivity contribution < 1.29 is 9.53 Å². The van der Waals surface area contributed by atoms with E-state index in [0.717, 1.165) is 12.8 Å². The fourth-order valence-electron chi connectivity index (χ4n) is 5.59. The predicted molar refractivity (Wildman–Crippen MR) is 188 cm³/mol. The topological polar surface area (TPSA) is 26.3 Å². The summed E-state index contributed by atoms with van der Waals surface area (Å²) < 4.78 is 5.32. The zero-order chi connectivity index (χ0) is 30.4. The average Bonchev–Trinajstić information content (AvgIpc) is 3.00. The Bertz CT molecular complexity index is 603. The number of rotatable bonds is 34. The lowest BCUT2D eigenvalue weighted by atomic mass is 10.0. The van der Waals surface area contributed by atoms with E-state index in [4.69, 9.17) is 4.74 Å². The SMILES string of the molecule is CCCCCCCCCCCCCC=CC=CC=CC(=O)OCCCCCCCCCCCCCCCCCCCC. The first-order valence-corrected chi connectivity index (χ1v) is 19.0. The molecule has 2 nitrogen and oxygen atoms in total. The number of carbonyl (C=O) groups excluding carboxylic acids is 1. The van der Waals surface area contributed by atoms with Gasteiger partial charge in [-0.25, -0.2) is 4.79 Å². The van der Waals surface area contributed by atoms with Gasteiger partial charge in [-0.05, 0) is 19.3 Å². The summed E-state index contributed by atoms with van der Waals surface area (Å²) >= 11 is 0. The normalized spacial score (nSPS) is 12.0. The second-order valence-electron chi connectivity index (χ2n) is 12.7. The van der Waals surface area contributed by atoms with Crippen LogP contribution in [-0.2, 0) is 9.53 Å². The zero-order valence-electron chi connectivity index (χ0n) is 28.7. The molecule has 246 valence electrons. The molecule has 0 radical (unpaired) electrons. The summed E-state index contributed by atoms with van der Waals surface area (Å²) in [5, 5.41) is 0. The number of hydrogen-bond donors (Lipinski definition) is 0. The predicted octanol–water partition coefficient (Wildman–Crippen LogP) is 13.9. The van der Waals surface area contributed by atoms with Crippen molar-refractivity contribution in [3.05, 3.63) is 36.5 Å². The van der Waals surface area contributed by atoms with Gasteiger partial charge in [0.2, 0.25) is 0 Å². The van der Waals surface area contributed by atoms with Crippen molar-refractivity contribution in [3.63, 3.8) is 0 Å². The Morgan fingerprint density at radius 2 is 0.738 bits per heavy atom. The first-order valence-electron chi connectivity index (χ1n) is 19.0. The molecule has 0 aliphatic rings. The molecule has 2 heteroatoms. The molecule has 0 N–H and O–H groups in total. The minimum atomic E-state index is -0.225. The Labute approximate surface area is 264 Å². The number of ether oxygens (including phenoxy) is 1. The maximum atomic E-state index is 11.8. The Morgan fingerprint density at radius 1 is 0.405 bits per heavy atom. The molecule has 42 heavy (non-hydrogen) atoms. The third-order valence-corrected chi connectivity index (χ3v) is 8.42. The molecule has 0 unspecified atom stereocenters. The van der Waals surface area contributed by atoms with Gasteiger partial charge in [-0.2, -0.15) is 0 Å². The zero-order valence-corrected chi connectivity index (χ0v) is 28.7. The molecule has 0 saturated heterocycles. The first-order chi connectivity index (χ1) is 20.8. The summed E-state index contributed by atoms with van der Waals surface area (Å²) in [5.41, 5.74) is 0. The second kappa shape index (κ2) is 37.7. The Kier molecular flexibility index (Phi) is 36.5. The van der Waals surface area contributed by atoms with Crippen LogP contribution in [0.2, 0.25) is 0 Å². The van der Waals surface area contributed by atoms with Gasteiger partial charge in [-0.1, -0.05) is 218 Å². The van der Waals surface area contributed by atoms with Crippen molar-refractivity contribution in [2.45, 2.75) is 206 Å². The maximum Gasteiger partial charge on any atom is 0.330 e. The van der Waals surface area contributed by atoms with Gasteiger partial charge >= 0.3 is 5.97 Å². The fourth-order valence-corrected chi connectivity index (χ4v) is 5.59. The van der Waals surface area contributed by atoms with E-state index in [-0.39, 0.29) is 5.97 Å². The molecule has 0 fully saturated rings. The van der Waals surface area contributed by atoms with Crippen LogP contribution in [0.25, 0.3) is 0 Å². The van der Waals surface area contributed by atoms with E-state index < -0.39 is 0 Å². The van der Waals surface area contributed by atoms with Crippen molar-refractivity contribution in [1.82, 2.24) is 0 Å². The summed E-state index contributed by atoms with van der Waals surface area (Å²) in [7, 11) is 0. The lowest BCUT2D eigenvalue weighted by Gasteiger charge is -2.04. The lowest BCUT2D eigenvalue weighted by Crippen LogP contribution is -2.02. The number of hydrogen-bond acceptors (Lipinski definition) is 2. The van der Waals surface area contributed by atoms with E-state index in [9.17, 15) is 4.79 Å². The summed E-state index contributed by atoms with van der Waals surface area (Å²) in [6, 6.07) is 0. The van der Waals surface area contributed by atoms with Crippen molar-refractivity contribution in [2.75, 3.05) is 6.61 Å². The van der Waals surface area contributed by atoms with Crippen LogP contribution in [0.1, 0.15) is 206 Å². The highest BCUT2D eigenvalue weighted by Gasteiger charge is 1.98. The minimum absolute atomic E-state index is 0.225. The molecule has 0 bridgehead atoms. The van der Waals surface area contributed by atoms with Gasteiger partial charge in [0, 0.05) is 6.08 Å². The molecule has 0 aromatic heterocycles. The van der Waals surface area contributed by atoms with Gasteiger partial charge in [-0.15, -0.1) is 0 Å². The maximum absolute atomic E-state index is 11.8. The largest absolute Gasteiger partial charge is 0.463 e. The Morgan fingerprint density at radius 3 is 1.14 bits per heavy atom. The van der Waals surface area contributed by atoms with E-state index in [0.29, 0.717) is 6.61 Å². The minimum Gasteiger partial charge on any atom is -0.463 e. The van der Waals surface area contributed by atoms with E-state index in [1.165, 1.54) is 186 Å². The number of carbonyl (C=O) groups is 1. The van der Waals surface area contributed by atoms with Crippen molar-refractivity contribution in [2.24, 2.45) is 0 Å². The average molecular weight is 587 g/mol. The molecular weight excluding hydrogens is 512 g/mol. The van der Waals surface area contributed by atoms with E-state index >= 15 is 0 Å². The molecule has 0 atom stereocenters. The molecular formula is C40H74O2. The van der Waals surface area contributed by atoms with Crippen LogP contribution >= 0.6 is 0 Å². The molecule has 0 aromatic rings. The molecule has 0 amide bonds. The van der Waals surface area contributed by atoms with Crippen LogP contribution in [0.4, 0.5) is 0 Å². The van der Waals surface area contributed by atoms with Crippen LogP contribution in [0.15, 0.2) is 36.5 Å². The first kappa shape index (κ1) is 40.7. The van der Waals surface area contributed by atoms with Crippen LogP contribution in [0.5, 0.6) is 0 Å². The quantitative estimate of drug-likeness (QED) is 0.0324. The van der Waals surface area contributed by atoms with Crippen LogP contribution in [-0.4, -0.2) is 12.6 Å². The highest BCUT2D eigenvalue weighted by Crippen LogP contribution is 2.15. The van der Waals surface area contributed by atoms with Gasteiger partial charge in [-0.3, -0.25) is 0 Å². The van der Waals surface area contributed by atoms with Gasteiger partial charge < -0.3 is 4.74 Å². The molecule has 0 aromatic carbocycles. The fraction of sp³-hybridized carbons (Fsp3) is 0.825. The summed E-state index contributed by atoms with van der Waals surface area (Å²) in [6.07, 6.45) is 52.6. The smallest absolute Gasteiger partial charge is 0.330 e. The van der Waals surface area contributed by atoms with Crippen molar-refractivity contribution in [3.8, 4) is 0 Å². The van der Waals surface area contributed by atoms with Crippen molar-refractivity contribution in [1.29, 1.82) is 0 Å². The molecule has 0 heterocycles. The number of esters is 1. The van der Waals surface area contributed by atoms with Crippen LogP contribution < -0.4 is 0 Å². The molecule has 0 aliphatic carbocycles. The third kappa shape index (κ3) is 36.7. The molecule has 0 rings (SSSR count). The van der Waals surface area contributed by atoms with Crippen molar-refractivity contribution >= 4 is 5.97 Å². The lowest BCUT2D eigenvalue weighted by molar-refractivity contribution is -0.137. The third-order valence-electron chi connectivity index (χ3n) is 8.42. The Balaban J connectivity index is 3.32. The highest BCUT2D eigenvalue weighted by atomic mass is 16.5. The monoisotopic (exact) mass is 587 g/mol. The van der Waals surface area contributed by atoms with Crippen LogP contribution in [0.3, 0.4) is 0 Å². The highest BCUT2D eigenvalue weighted by molar-refractivity contribution is 5.82. The van der Waals surface area contributed by atoms with Gasteiger partial charge in [0.15, 0.2) is 0 Å². The molecule has 0 spiro atoms. The summed E-state index contributed by atoms with van der Waals surface area (Å²) in [5.74, 6) is -0.225. The van der Waals surface area contributed by atoms with E-state index in [1.54, 1.807) is 6.08 Å².